The molecule has 0 N–H and O–H groups in total. The first-order valence-electron chi connectivity index (χ1n) is 8.16. The summed E-state index contributed by atoms with van der Waals surface area (Å²) in [4.78, 5) is 17.2. The summed E-state index contributed by atoms with van der Waals surface area (Å²) in [6.45, 7) is 9.49. The Kier molecular flexibility index (Phi) is 4.31. The Hall–Kier alpha value is -2.01. The van der Waals surface area contributed by atoms with Crippen molar-refractivity contribution >= 4 is 5.91 Å². The fourth-order valence-electron chi connectivity index (χ4n) is 3.42. The van der Waals surface area contributed by atoms with Crippen molar-refractivity contribution in [2.24, 2.45) is 0 Å². The molecule has 23 heavy (non-hydrogen) atoms. The summed E-state index contributed by atoms with van der Waals surface area (Å²) in [6.07, 6.45) is 1.68. The summed E-state index contributed by atoms with van der Waals surface area (Å²) >= 11 is 0. The maximum Gasteiger partial charge on any atom is 0.256 e. The van der Waals surface area contributed by atoms with Crippen LogP contribution in [0.25, 0.3) is 0 Å². The number of aryl methyl sites for hydroxylation is 1. The molecule has 2 aromatic heterocycles. The monoisotopic (exact) mass is 315 g/mol. The van der Waals surface area contributed by atoms with Gasteiger partial charge < -0.3 is 18.8 Å². The van der Waals surface area contributed by atoms with Crippen LogP contribution in [-0.4, -0.2) is 53.0 Å². The topological polar surface area (TPSA) is 41.6 Å². The fraction of sp³-hybridized carbons (Fsp3) is 0.500. The molecule has 1 aliphatic rings. The molecule has 1 saturated heterocycles. The zero-order chi connectivity index (χ0) is 16.6. The van der Waals surface area contributed by atoms with E-state index in [-0.39, 0.29) is 11.9 Å². The number of piperazine rings is 1. The molecule has 1 atom stereocenters. The molecule has 0 aromatic carbocycles. The minimum absolute atomic E-state index is 0.143. The van der Waals surface area contributed by atoms with Gasteiger partial charge in [0.25, 0.3) is 5.91 Å². The molecule has 1 unspecified atom stereocenters. The van der Waals surface area contributed by atoms with Gasteiger partial charge in [0.1, 0.15) is 5.76 Å². The molecule has 1 amide bonds. The Labute approximate surface area is 137 Å². The Morgan fingerprint density at radius 2 is 2.13 bits per heavy atom. The Morgan fingerprint density at radius 3 is 2.78 bits per heavy atom. The van der Waals surface area contributed by atoms with Gasteiger partial charge >= 0.3 is 0 Å². The first-order valence-corrected chi connectivity index (χ1v) is 8.16. The van der Waals surface area contributed by atoms with Crippen molar-refractivity contribution in [1.29, 1.82) is 0 Å². The van der Waals surface area contributed by atoms with Crippen LogP contribution in [0.3, 0.4) is 0 Å². The lowest BCUT2D eigenvalue weighted by molar-refractivity contribution is 0.0532. The van der Waals surface area contributed by atoms with Gasteiger partial charge in [-0.25, -0.2) is 0 Å². The normalized spacial score (nSPS) is 19.3. The minimum Gasteiger partial charge on any atom is -0.467 e. The van der Waals surface area contributed by atoms with Gasteiger partial charge in [-0.1, -0.05) is 0 Å². The van der Waals surface area contributed by atoms with E-state index in [0.717, 1.165) is 42.3 Å². The summed E-state index contributed by atoms with van der Waals surface area (Å²) in [7, 11) is 2.10. The van der Waals surface area contributed by atoms with Crippen molar-refractivity contribution < 1.29 is 9.21 Å². The summed E-state index contributed by atoms with van der Waals surface area (Å²) in [5.41, 5.74) is 2.91. The first kappa shape index (κ1) is 15.9. The second kappa shape index (κ2) is 6.24. The number of furan rings is 1. The van der Waals surface area contributed by atoms with Gasteiger partial charge in [0, 0.05) is 37.1 Å². The molecule has 3 heterocycles. The average Bonchev–Trinajstić information content (AvgIpc) is 3.10. The standard InChI is InChI=1S/C18H25N3O2/c1-13-10-17(15(3)21(13)12-16-6-5-9-23-16)18(22)20-8-7-19(4)11-14(20)2/h5-6,9-10,14H,7-8,11-12H2,1-4H3. The van der Waals surface area contributed by atoms with Crippen LogP contribution in [0.15, 0.2) is 28.9 Å². The highest BCUT2D eigenvalue weighted by atomic mass is 16.3. The van der Waals surface area contributed by atoms with E-state index in [1.165, 1.54) is 0 Å². The van der Waals surface area contributed by atoms with E-state index in [1.54, 1.807) is 6.26 Å². The molecule has 0 spiro atoms. The SMILES string of the molecule is Cc1cc(C(=O)N2CCN(C)CC2C)c(C)n1Cc1ccco1. The number of hydrogen-bond donors (Lipinski definition) is 0. The van der Waals surface area contributed by atoms with Gasteiger partial charge in [-0.2, -0.15) is 0 Å². The highest BCUT2D eigenvalue weighted by Gasteiger charge is 2.28. The molecular weight excluding hydrogens is 290 g/mol. The Balaban J connectivity index is 1.84. The zero-order valence-electron chi connectivity index (χ0n) is 14.4. The molecule has 1 fully saturated rings. The van der Waals surface area contributed by atoms with Crippen molar-refractivity contribution in [3.05, 3.63) is 47.2 Å². The van der Waals surface area contributed by atoms with Gasteiger partial charge in [-0.05, 0) is 46.0 Å². The number of nitrogens with zero attached hydrogens (tertiary/aromatic N) is 3. The summed E-state index contributed by atoms with van der Waals surface area (Å²) in [6, 6.07) is 6.10. The van der Waals surface area contributed by atoms with E-state index in [2.05, 4.69) is 23.4 Å². The van der Waals surface area contributed by atoms with Crippen molar-refractivity contribution in [1.82, 2.24) is 14.4 Å². The number of amides is 1. The van der Waals surface area contributed by atoms with Crippen LogP contribution in [-0.2, 0) is 6.54 Å². The summed E-state index contributed by atoms with van der Waals surface area (Å²) < 4.78 is 7.59. The highest BCUT2D eigenvalue weighted by Crippen LogP contribution is 2.21. The smallest absolute Gasteiger partial charge is 0.256 e. The van der Waals surface area contributed by atoms with E-state index in [0.29, 0.717) is 6.54 Å². The number of rotatable bonds is 3. The largest absolute Gasteiger partial charge is 0.467 e. The number of likely N-dealkylation sites (N-methyl/N-ethyl adjacent to an activating group) is 1. The molecule has 5 heteroatoms. The van der Waals surface area contributed by atoms with Crippen molar-refractivity contribution in [2.45, 2.75) is 33.4 Å². The number of carbonyl (C=O) groups is 1. The van der Waals surface area contributed by atoms with Gasteiger partial charge in [0.05, 0.1) is 18.4 Å². The van der Waals surface area contributed by atoms with Gasteiger partial charge in [0.2, 0.25) is 0 Å². The molecule has 2 aromatic rings. The molecule has 0 aliphatic carbocycles. The Morgan fingerprint density at radius 1 is 1.35 bits per heavy atom. The van der Waals surface area contributed by atoms with E-state index in [4.69, 9.17) is 4.42 Å². The predicted molar refractivity (Wildman–Crippen MR) is 89.7 cm³/mol. The van der Waals surface area contributed by atoms with Gasteiger partial charge in [-0.3, -0.25) is 4.79 Å². The van der Waals surface area contributed by atoms with Crippen LogP contribution < -0.4 is 0 Å². The van der Waals surface area contributed by atoms with Crippen LogP contribution in [0.4, 0.5) is 0 Å². The summed E-state index contributed by atoms with van der Waals surface area (Å²) in [5.74, 6) is 1.04. The van der Waals surface area contributed by atoms with Crippen LogP contribution in [0.5, 0.6) is 0 Å². The van der Waals surface area contributed by atoms with E-state index in [9.17, 15) is 4.79 Å². The lowest BCUT2D eigenvalue weighted by Crippen LogP contribution is -2.52. The van der Waals surface area contributed by atoms with Crippen LogP contribution in [0, 0.1) is 13.8 Å². The first-order chi connectivity index (χ1) is 11.0. The predicted octanol–water partition coefficient (Wildman–Crippen LogP) is 2.52. The molecule has 0 saturated carbocycles. The number of hydrogen-bond acceptors (Lipinski definition) is 3. The molecule has 0 bridgehead atoms. The second-order valence-corrected chi connectivity index (χ2v) is 6.56. The lowest BCUT2D eigenvalue weighted by atomic mass is 10.1. The van der Waals surface area contributed by atoms with Crippen LogP contribution in [0.2, 0.25) is 0 Å². The number of aromatic nitrogens is 1. The minimum atomic E-state index is 0.143. The van der Waals surface area contributed by atoms with Crippen molar-refractivity contribution in [3.63, 3.8) is 0 Å². The van der Waals surface area contributed by atoms with Crippen LogP contribution >= 0.6 is 0 Å². The second-order valence-electron chi connectivity index (χ2n) is 6.56. The molecule has 124 valence electrons. The van der Waals surface area contributed by atoms with Crippen molar-refractivity contribution in [3.8, 4) is 0 Å². The average molecular weight is 315 g/mol. The maximum atomic E-state index is 13.0. The molecular formula is C18H25N3O2. The van der Waals surface area contributed by atoms with E-state index in [1.807, 2.05) is 36.9 Å². The lowest BCUT2D eigenvalue weighted by Gasteiger charge is -2.38. The number of carbonyl (C=O) groups excluding carboxylic acids is 1. The molecule has 1 aliphatic heterocycles. The van der Waals surface area contributed by atoms with E-state index < -0.39 is 0 Å². The maximum absolute atomic E-state index is 13.0. The van der Waals surface area contributed by atoms with Crippen LogP contribution in [0.1, 0.15) is 34.4 Å². The fourth-order valence-corrected chi connectivity index (χ4v) is 3.42. The van der Waals surface area contributed by atoms with E-state index >= 15 is 0 Å². The third-order valence-electron chi connectivity index (χ3n) is 4.79. The quantitative estimate of drug-likeness (QED) is 0.874. The molecule has 3 rings (SSSR count). The molecule has 0 radical (unpaired) electrons. The third-order valence-corrected chi connectivity index (χ3v) is 4.79. The third kappa shape index (κ3) is 3.06. The van der Waals surface area contributed by atoms with Gasteiger partial charge in [0.15, 0.2) is 0 Å². The Bertz CT molecular complexity index is 687. The summed E-state index contributed by atoms with van der Waals surface area (Å²) in [5, 5.41) is 0. The van der Waals surface area contributed by atoms with Gasteiger partial charge in [-0.15, -0.1) is 0 Å². The zero-order valence-corrected chi connectivity index (χ0v) is 14.4. The highest BCUT2D eigenvalue weighted by molar-refractivity contribution is 5.96. The van der Waals surface area contributed by atoms with Crippen molar-refractivity contribution in [2.75, 3.05) is 26.7 Å². The molecule has 5 nitrogen and oxygen atoms in total.